The molecule has 116 valence electrons. The van der Waals surface area contributed by atoms with Gasteiger partial charge in [-0.05, 0) is 40.8 Å². The second-order valence-corrected chi connectivity index (χ2v) is 5.86. The van der Waals surface area contributed by atoms with E-state index in [1.807, 2.05) is 22.6 Å². The van der Waals surface area contributed by atoms with Gasteiger partial charge in [-0.2, -0.15) is 5.10 Å². The van der Waals surface area contributed by atoms with Crippen molar-refractivity contribution < 1.29 is 13.9 Å². The maximum atomic E-state index is 14.1. The van der Waals surface area contributed by atoms with Crippen LogP contribution in [0.3, 0.4) is 0 Å². The van der Waals surface area contributed by atoms with Crippen LogP contribution in [0.25, 0.3) is 5.69 Å². The molecule has 1 aromatic heterocycles. The molecule has 6 nitrogen and oxygen atoms in total. The van der Waals surface area contributed by atoms with Crippen molar-refractivity contribution >= 4 is 28.5 Å². The lowest BCUT2D eigenvalue weighted by Gasteiger charge is -2.13. The van der Waals surface area contributed by atoms with Crippen LogP contribution < -0.4 is 10.2 Å². The fourth-order valence-corrected chi connectivity index (χ4v) is 2.21. The minimum atomic E-state index is -0.636. The van der Waals surface area contributed by atoms with Crippen molar-refractivity contribution in [3.05, 3.63) is 49.7 Å². The van der Waals surface area contributed by atoms with Crippen LogP contribution in [-0.2, 0) is 0 Å². The van der Waals surface area contributed by atoms with E-state index in [9.17, 15) is 14.0 Å². The van der Waals surface area contributed by atoms with E-state index in [-0.39, 0.29) is 17.1 Å². The number of hydrogen-bond acceptors (Lipinski definition) is 4. The van der Waals surface area contributed by atoms with E-state index in [2.05, 4.69) is 5.10 Å². The Balaban J connectivity index is 2.70. The molecule has 1 heterocycles. The summed E-state index contributed by atoms with van der Waals surface area (Å²) in [7, 11) is 4.30. The largest absolute Gasteiger partial charge is 0.491 e. The fourth-order valence-electron chi connectivity index (χ4n) is 1.76. The number of carbonyl (C=O) groups excluding carboxylic acids is 1. The Kier molecular flexibility index (Phi) is 4.79. The second kappa shape index (κ2) is 6.42. The number of ether oxygens (including phenoxy) is 1. The summed E-state index contributed by atoms with van der Waals surface area (Å²) in [5.41, 5.74) is -0.850. The van der Waals surface area contributed by atoms with Crippen molar-refractivity contribution in [1.82, 2.24) is 14.7 Å². The van der Waals surface area contributed by atoms with Crippen LogP contribution >= 0.6 is 22.6 Å². The monoisotopic (exact) mass is 417 g/mol. The maximum Gasteiger partial charge on any atom is 0.278 e. The van der Waals surface area contributed by atoms with E-state index in [0.29, 0.717) is 0 Å². The Hall–Kier alpha value is -1.97. The first-order valence-electron chi connectivity index (χ1n) is 6.20. The molecular formula is C14H13FIN3O3. The molecule has 0 aliphatic carbocycles. The number of benzene rings is 1. The number of methoxy groups -OCH3 is 1. The number of rotatable bonds is 3. The molecule has 0 spiro atoms. The number of nitrogens with zero attached hydrogens (tertiary/aromatic N) is 3. The van der Waals surface area contributed by atoms with E-state index in [1.165, 1.54) is 44.4 Å². The van der Waals surface area contributed by atoms with Gasteiger partial charge < -0.3 is 9.64 Å². The summed E-state index contributed by atoms with van der Waals surface area (Å²) in [6.07, 6.45) is 1.25. The van der Waals surface area contributed by atoms with Crippen LogP contribution in [0.15, 0.2) is 29.2 Å². The average molecular weight is 417 g/mol. The quantitative estimate of drug-likeness (QED) is 0.714. The minimum Gasteiger partial charge on any atom is -0.491 e. The zero-order valence-electron chi connectivity index (χ0n) is 12.1. The molecule has 0 N–H and O–H groups in total. The molecule has 1 amide bonds. The summed E-state index contributed by atoms with van der Waals surface area (Å²) in [5.74, 6) is -1.19. The smallest absolute Gasteiger partial charge is 0.278 e. The molecule has 0 saturated heterocycles. The SMILES string of the molecule is COc1cn(-c2ccc(I)cc2F)nc(C(=O)N(C)C)c1=O. The van der Waals surface area contributed by atoms with Crippen LogP contribution in [0.4, 0.5) is 4.39 Å². The van der Waals surface area contributed by atoms with Crippen molar-refractivity contribution in [2.75, 3.05) is 21.2 Å². The maximum absolute atomic E-state index is 14.1. The van der Waals surface area contributed by atoms with Gasteiger partial charge in [0.15, 0.2) is 11.4 Å². The number of amides is 1. The highest BCUT2D eigenvalue weighted by atomic mass is 127. The summed E-state index contributed by atoms with van der Waals surface area (Å²) in [5, 5.41) is 3.95. The Morgan fingerprint density at radius 2 is 2.09 bits per heavy atom. The number of hydrogen-bond donors (Lipinski definition) is 0. The highest BCUT2D eigenvalue weighted by molar-refractivity contribution is 14.1. The first-order chi connectivity index (χ1) is 10.3. The lowest BCUT2D eigenvalue weighted by Crippen LogP contribution is -2.31. The fraction of sp³-hybridized carbons (Fsp3) is 0.214. The molecule has 2 aromatic rings. The van der Waals surface area contributed by atoms with Gasteiger partial charge in [-0.25, -0.2) is 9.07 Å². The zero-order chi connectivity index (χ0) is 16.4. The average Bonchev–Trinajstić information content (AvgIpc) is 2.47. The topological polar surface area (TPSA) is 64.4 Å². The molecule has 1 aromatic carbocycles. The molecule has 22 heavy (non-hydrogen) atoms. The van der Waals surface area contributed by atoms with Gasteiger partial charge in [0, 0.05) is 17.7 Å². The highest BCUT2D eigenvalue weighted by Gasteiger charge is 2.20. The van der Waals surface area contributed by atoms with E-state index in [4.69, 9.17) is 4.74 Å². The van der Waals surface area contributed by atoms with E-state index in [1.54, 1.807) is 6.07 Å². The molecule has 0 aliphatic heterocycles. The van der Waals surface area contributed by atoms with Crippen molar-refractivity contribution in [1.29, 1.82) is 0 Å². The van der Waals surface area contributed by atoms with Crippen LogP contribution in [0, 0.1) is 9.39 Å². The third-order valence-electron chi connectivity index (χ3n) is 2.87. The number of halogens is 2. The minimum absolute atomic E-state index is 0.0850. The molecule has 0 unspecified atom stereocenters. The molecule has 0 fully saturated rings. The van der Waals surface area contributed by atoms with Crippen LogP contribution in [0.5, 0.6) is 5.75 Å². The first kappa shape index (κ1) is 16.4. The molecule has 8 heteroatoms. The van der Waals surface area contributed by atoms with Crippen LogP contribution in [-0.4, -0.2) is 41.8 Å². The number of aromatic nitrogens is 2. The van der Waals surface area contributed by atoms with Gasteiger partial charge in [-0.15, -0.1) is 0 Å². The lowest BCUT2D eigenvalue weighted by atomic mass is 10.3. The van der Waals surface area contributed by atoms with Gasteiger partial charge in [0.05, 0.1) is 13.3 Å². The van der Waals surface area contributed by atoms with E-state index < -0.39 is 17.2 Å². The predicted octanol–water partition coefficient (Wildman–Crippen LogP) is 1.69. The zero-order valence-corrected chi connectivity index (χ0v) is 14.3. The van der Waals surface area contributed by atoms with Crippen LogP contribution in [0.2, 0.25) is 0 Å². The summed E-state index contributed by atoms with van der Waals surface area (Å²) in [4.78, 5) is 25.4. The Labute approximate surface area is 139 Å². The third kappa shape index (κ3) is 3.11. The van der Waals surface area contributed by atoms with Crippen molar-refractivity contribution in [2.45, 2.75) is 0 Å². The molecular weight excluding hydrogens is 404 g/mol. The Bertz CT molecular complexity index is 789. The molecule has 0 aliphatic rings. The van der Waals surface area contributed by atoms with Crippen LogP contribution in [0.1, 0.15) is 10.5 Å². The molecule has 0 radical (unpaired) electrons. The van der Waals surface area contributed by atoms with Gasteiger partial charge in [-0.1, -0.05) is 0 Å². The molecule has 0 saturated carbocycles. The van der Waals surface area contributed by atoms with Gasteiger partial charge in [0.1, 0.15) is 11.5 Å². The predicted molar refractivity (Wildman–Crippen MR) is 87.1 cm³/mol. The standard InChI is InChI=1S/C14H13FIN3O3/c1-18(2)14(21)12-13(20)11(22-3)7-19(17-12)10-5-4-8(16)6-9(10)15/h4-7H,1-3H3. The van der Waals surface area contributed by atoms with Gasteiger partial charge in [0.25, 0.3) is 11.3 Å². The summed E-state index contributed by atoms with van der Waals surface area (Å²) >= 11 is 1.98. The molecule has 0 atom stereocenters. The third-order valence-corrected chi connectivity index (χ3v) is 3.54. The first-order valence-corrected chi connectivity index (χ1v) is 7.28. The Morgan fingerprint density at radius 3 is 2.64 bits per heavy atom. The van der Waals surface area contributed by atoms with E-state index in [0.717, 1.165) is 8.25 Å². The second-order valence-electron chi connectivity index (χ2n) is 4.62. The number of carbonyl (C=O) groups is 1. The van der Waals surface area contributed by atoms with Crippen molar-refractivity contribution in [2.24, 2.45) is 0 Å². The molecule has 2 rings (SSSR count). The van der Waals surface area contributed by atoms with Crippen molar-refractivity contribution in [3.8, 4) is 11.4 Å². The van der Waals surface area contributed by atoms with E-state index >= 15 is 0 Å². The summed E-state index contributed by atoms with van der Waals surface area (Å²) in [6, 6.07) is 4.53. The Morgan fingerprint density at radius 1 is 1.41 bits per heavy atom. The summed E-state index contributed by atoms with van der Waals surface area (Å²) in [6.45, 7) is 0. The van der Waals surface area contributed by atoms with Gasteiger partial charge >= 0.3 is 0 Å². The van der Waals surface area contributed by atoms with Gasteiger partial charge in [0.2, 0.25) is 0 Å². The lowest BCUT2D eigenvalue weighted by molar-refractivity contribution is 0.0818. The van der Waals surface area contributed by atoms with Gasteiger partial charge in [-0.3, -0.25) is 9.59 Å². The normalized spacial score (nSPS) is 10.4. The van der Waals surface area contributed by atoms with Crippen molar-refractivity contribution in [3.63, 3.8) is 0 Å². The highest BCUT2D eigenvalue weighted by Crippen LogP contribution is 2.17. The molecule has 0 bridgehead atoms. The summed E-state index contributed by atoms with van der Waals surface area (Å²) < 4.78 is 20.9.